The van der Waals surface area contributed by atoms with Crippen molar-refractivity contribution in [2.45, 2.75) is 13.3 Å². The van der Waals surface area contributed by atoms with Gasteiger partial charge >= 0.3 is 0 Å². The molecule has 1 aliphatic heterocycles. The maximum absolute atomic E-state index is 12.5. The van der Waals surface area contributed by atoms with E-state index >= 15 is 0 Å². The summed E-state index contributed by atoms with van der Waals surface area (Å²) in [7, 11) is 0. The van der Waals surface area contributed by atoms with Crippen LogP contribution in [0.25, 0.3) is 0 Å². The summed E-state index contributed by atoms with van der Waals surface area (Å²) in [6.45, 7) is 3.02. The summed E-state index contributed by atoms with van der Waals surface area (Å²) in [5.74, 6) is 1.07. The summed E-state index contributed by atoms with van der Waals surface area (Å²) < 4.78 is 12.3. The first-order valence-corrected chi connectivity index (χ1v) is 11.1. The van der Waals surface area contributed by atoms with Crippen molar-refractivity contribution in [3.8, 4) is 11.5 Å². The molecule has 0 fully saturated rings. The van der Waals surface area contributed by atoms with E-state index in [-0.39, 0.29) is 18.4 Å². The summed E-state index contributed by atoms with van der Waals surface area (Å²) in [5.41, 5.74) is 3.03. The molecule has 0 saturated carbocycles. The number of benzene rings is 3. The van der Waals surface area contributed by atoms with Crippen LogP contribution in [0.5, 0.6) is 11.5 Å². The molecule has 3 aromatic rings. The number of fused-ring (bicyclic) bond motifs is 1. The van der Waals surface area contributed by atoms with Crippen molar-refractivity contribution in [3.63, 3.8) is 0 Å². The molecule has 1 heterocycles. The van der Waals surface area contributed by atoms with Crippen LogP contribution >= 0.6 is 15.9 Å². The van der Waals surface area contributed by atoms with Gasteiger partial charge in [-0.25, -0.2) is 0 Å². The maximum Gasteiger partial charge on any atom is 0.265 e. The SMILES string of the molecule is Cc1ccc(OCCCN2C(=O)COc3cc(NC(=O)c4ccc(Br)cc4)ccc32)cc1. The van der Waals surface area contributed by atoms with Gasteiger partial charge in [0.25, 0.3) is 11.8 Å². The van der Waals surface area contributed by atoms with E-state index in [2.05, 4.69) is 21.2 Å². The number of carbonyl (C=O) groups is 2. The fourth-order valence-corrected chi connectivity index (χ4v) is 3.64. The number of anilines is 2. The minimum Gasteiger partial charge on any atom is -0.494 e. The average molecular weight is 495 g/mol. The van der Waals surface area contributed by atoms with Crippen molar-refractivity contribution in [2.24, 2.45) is 0 Å². The van der Waals surface area contributed by atoms with Gasteiger partial charge in [-0.2, -0.15) is 0 Å². The van der Waals surface area contributed by atoms with Crippen LogP contribution in [0.15, 0.2) is 71.2 Å². The molecular weight excluding hydrogens is 472 g/mol. The van der Waals surface area contributed by atoms with Gasteiger partial charge < -0.3 is 19.7 Å². The Hall–Kier alpha value is -3.32. The lowest BCUT2D eigenvalue weighted by Gasteiger charge is -2.29. The molecule has 0 aliphatic carbocycles. The van der Waals surface area contributed by atoms with Crippen molar-refractivity contribution < 1.29 is 19.1 Å². The van der Waals surface area contributed by atoms with E-state index in [0.717, 1.165) is 10.2 Å². The van der Waals surface area contributed by atoms with Crippen molar-refractivity contribution >= 4 is 39.1 Å². The van der Waals surface area contributed by atoms with Crippen LogP contribution in [0, 0.1) is 6.92 Å². The molecule has 0 spiro atoms. The summed E-state index contributed by atoms with van der Waals surface area (Å²) in [6.07, 6.45) is 0.682. The molecular formula is C25H23BrN2O4. The van der Waals surface area contributed by atoms with Crippen LogP contribution in [0.3, 0.4) is 0 Å². The molecule has 164 valence electrons. The van der Waals surface area contributed by atoms with Crippen LogP contribution < -0.4 is 19.7 Å². The molecule has 4 rings (SSSR count). The number of carbonyl (C=O) groups excluding carboxylic acids is 2. The highest BCUT2D eigenvalue weighted by molar-refractivity contribution is 9.10. The van der Waals surface area contributed by atoms with Crippen LogP contribution in [0.2, 0.25) is 0 Å². The summed E-state index contributed by atoms with van der Waals surface area (Å²) >= 11 is 3.36. The van der Waals surface area contributed by atoms with Crippen LogP contribution in [-0.2, 0) is 4.79 Å². The number of amides is 2. The maximum atomic E-state index is 12.5. The van der Waals surface area contributed by atoms with Crippen LogP contribution in [0.4, 0.5) is 11.4 Å². The lowest BCUT2D eigenvalue weighted by Crippen LogP contribution is -2.39. The lowest BCUT2D eigenvalue weighted by molar-refractivity contribution is -0.121. The van der Waals surface area contributed by atoms with E-state index < -0.39 is 0 Å². The monoisotopic (exact) mass is 494 g/mol. The van der Waals surface area contributed by atoms with Crippen molar-refractivity contribution in [2.75, 3.05) is 30.0 Å². The second-order valence-electron chi connectivity index (χ2n) is 7.49. The number of halogens is 1. The number of ether oxygens (including phenoxy) is 2. The topological polar surface area (TPSA) is 67.9 Å². The Labute approximate surface area is 195 Å². The van der Waals surface area contributed by atoms with E-state index in [1.165, 1.54) is 5.56 Å². The molecule has 0 bridgehead atoms. The molecule has 7 heteroatoms. The van der Waals surface area contributed by atoms with Gasteiger partial charge in [0.1, 0.15) is 11.5 Å². The molecule has 0 unspecified atom stereocenters. The van der Waals surface area contributed by atoms with Crippen molar-refractivity contribution in [3.05, 3.63) is 82.3 Å². The first-order valence-electron chi connectivity index (χ1n) is 10.3. The van der Waals surface area contributed by atoms with E-state index in [1.54, 1.807) is 35.2 Å². The normalized spacial score (nSPS) is 12.7. The third-order valence-corrected chi connectivity index (χ3v) is 5.61. The van der Waals surface area contributed by atoms with Gasteiger partial charge in [0.05, 0.1) is 12.3 Å². The van der Waals surface area contributed by atoms with E-state index in [9.17, 15) is 9.59 Å². The zero-order valence-corrected chi connectivity index (χ0v) is 19.2. The van der Waals surface area contributed by atoms with Crippen molar-refractivity contribution in [1.29, 1.82) is 0 Å². The van der Waals surface area contributed by atoms with Crippen molar-refractivity contribution in [1.82, 2.24) is 0 Å². The predicted octanol–water partition coefficient (Wildman–Crippen LogP) is 5.20. The molecule has 6 nitrogen and oxygen atoms in total. The lowest BCUT2D eigenvalue weighted by atomic mass is 10.1. The Kier molecular flexibility index (Phi) is 6.75. The number of hydrogen-bond donors (Lipinski definition) is 1. The Balaban J connectivity index is 1.38. The Morgan fingerprint density at radius 1 is 1.09 bits per heavy atom. The first-order chi connectivity index (χ1) is 15.5. The van der Waals surface area contributed by atoms with Gasteiger partial charge in [-0.3, -0.25) is 9.59 Å². The molecule has 0 aromatic heterocycles. The largest absolute Gasteiger partial charge is 0.494 e. The third-order valence-electron chi connectivity index (χ3n) is 5.08. The Bertz CT molecular complexity index is 1110. The second kappa shape index (κ2) is 9.87. The quantitative estimate of drug-likeness (QED) is 0.458. The molecule has 3 aromatic carbocycles. The molecule has 0 saturated heterocycles. The Morgan fingerprint density at radius 2 is 1.84 bits per heavy atom. The number of nitrogens with zero attached hydrogens (tertiary/aromatic N) is 1. The van der Waals surface area contributed by atoms with Gasteiger partial charge in [-0.1, -0.05) is 33.6 Å². The number of nitrogens with one attached hydrogen (secondary N) is 1. The fourth-order valence-electron chi connectivity index (χ4n) is 3.38. The highest BCUT2D eigenvalue weighted by atomic mass is 79.9. The summed E-state index contributed by atoms with van der Waals surface area (Å²) in [6, 6.07) is 20.3. The molecule has 0 atom stereocenters. The first kappa shape index (κ1) is 21.9. The molecule has 0 radical (unpaired) electrons. The second-order valence-corrected chi connectivity index (χ2v) is 8.41. The van der Waals surface area contributed by atoms with Gasteiger partial charge in [0.15, 0.2) is 6.61 Å². The summed E-state index contributed by atoms with van der Waals surface area (Å²) in [4.78, 5) is 26.6. The minimum absolute atomic E-state index is 0.0318. The summed E-state index contributed by atoms with van der Waals surface area (Å²) in [5, 5.41) is 2.87. The van der Waals surface area contributed by atoms with Gasteiger partial charge in [0.2, 0.25) is 0 Å². The molecule has 32 heavy (non-hydrogen) atoms. The zero-order chi connectivity index (χ0) is 22.5. The average Bonchev–Trinajstić information content (AvgIpc) is 2.79. The molecule has 2 amide bonds. The smallest absolute Gasteiger partial charge is 0.265 e. The molecule has 1 N–H and O–H groups in total. The molecule has 1 aliphatic rings. The van der Waals surface area contributed by atoms with E-state index in [1.807, 2.05) is 43.3 Å². The van der Waals surface area contributed by atoms with Gasteiger partial charge in [-0.15, -0.1) is 0 Å². The zero-order valence-electron chi connectivity index (χ0n) is 17.6. The predicted molar refractivity (Wildman–Crippen MR) is 128 cm³/mol. The van der Waals surface area contributed by atoms with Gasteiger partial charge in [0, 0.05) is 28.3 Å². The van der Waals surface area contributed by atoms with Gasteiger partial charge in [-0.05, 0) is 61.9 Å². The standard InChI is InChI=1S/C25H23BrN2O4/c1-17-3-10-21(11-4-17)31-14-2-13-28-22-12-9-20(15-23(22)32-16-24(28)29)27-25(30)18-5-7-19(26)8-6-18/h3-12,15H,2,13-14,16H2,1H3,(H,27,30). The van der Waals surface area contributed by atoms with E-state index in [4.69, 9.17) is 9.47 Å². The Morgan fingerprint density at radius 3 is 2.59 bits per heavy atom. The van der Waals surface area contributed by atoms with Crippen LogP contribution in [-0.4, -0.2) is 31.6 Å². The van der Waals surface area contributed by atoms with Crippen LogP contribution in [0.1, 0.15) is 22.3 Å². The number of rotatable bonds is 7. The number of aryl methyl sites for hydroxylation is 1. The van der Waals surface area contributed by atoms with E-state index in [0.29, 0.717) is 42.3 Å². The highest BCUT2D eigenvalue weighted by Crippen LogP contribution is 2.34. The fraction of sp³-hybridized carbons (Fsp3) is 0.200. The number of hydrogen-bond acceptors (Lipinski definition) is 4. The highest BCUT2D eigenvalue weighted by Gasteiger charge is 2.25. The minimum atomic E-state index is -0.213. The third kappa shape index (κ3) is 5.29.